The fraction of sp³-hybridized carbons (Fsp3) is 0.100. The topological polar surface area (TPSA) is 73.9 Å². The third kappa shape index (κ3) is 2.80. The first kappa shape index (κ1) is 10.6. The lowest BCUT2D eigenvalue weighted by Crippen LogP contribution is -2.03. The highest BCUT2D eigenvalue weighted by Gasteiger charge is 2.03. The number of nitrogens with two attached hydrogens (primary N) is 1. The predicted octanol–water partition coefficient (Wildman–Crippen LogP) is 1.69. The van der Waals surface area contributed by atoms with E-state index in [0.717, 1.165) is 5.56 Å². The number of anilines is 1. The van der Waals surface area contributed by atoms with Gasteiger partial charge in [-0.15, -0.1) is 0 Å². The van der Waals surface area contributed by atoms with Crippen LogP contribution in [0.2, 0.25) is 5.28 Å². The van der Waals surface area contributed by atoms with E-state index in [-0.39, 0.29) is 17.2 Å². The summed E-state index contributed by atoms with van der Waals surface area (Å²) in [6, 6.07) is 9.78. The lowest BCUT2D eigenvalue weighted by Gasteiger charge is -2.04. The quantitative estimate of drug-likeness (QED) is 0.878. The molecule has 6 heteroatoms. The number of aromatic nitrogens is 3. The molecule has 0 bridgehead atoms. The molecule has 1 heterocycles. The van der Waals surface area contributed by atoms with E-state index in [9.17, 15) is 0 Å². The molecular formula is C10H9ClN4O. The molecule has 0 aliphatic rings. The molecule has 0 radical (unpaired) electrons. The number of nitrogen functional groups attached to an aromatic ring is 1. The monoisotopic (exact) mass is 236 g/mol. The number of halogens is 1. The van der Waals surface area contributed by atoms with Crippen LogP contribution in [0.25, 0.3) is 0 Å². The first-order chi connectivity index (χ1) is 7.74. The van der Waals surface area contributed by atoms with Crippen molar-refractivity contribution < 1.29 is 4.74 Å². The summed E-state index contributed by atoms with van der Waals surface area (Å²) >= 11 is 5.61. The molecule has 0 fully saturated rings. The van der Waals surface area contributed by atoms with Crippen molar-refractivity contribution in [2.45, 2.75) is 6.61 Å². The molecule has 1 aromatic heterocycles. The van der Waals surface area contributed by atoms with Crippen molar-refractivity contribution in [2.75, 3.05) is 5.73 Å². The van der Waals surface area contributed by atoms with Gasteiger partial charge in [-0.2, -0.15) is 15.0 Å². The first-order valence-corrected chi connectivity index (χ1v) is 4.95. The Morgan fingerprint density at radius 2 is 1.88 bits per heavy atom. The molecule has 16 heavy (non-hydrogen) atoms. The maximum atomic E-state index is 5.61. The van der Waals surface area contributed by atoms with E-state index in [1.165, 1.54) is 0 Å². The maximum Gasteiger partial charge on any atom is 0.322 e. The number of hydrogen-bond donors (Lipinski definition) is 1. The zero-order chi connectivity index (χ0) is 11.4. The van der Waals surface area contributed by atoms with E-state index in [2.05, 4.69) is 15.0 Å². The predicted molar refractivity (Wildman–Crippen MR) is 60.0 cm³/mol. The SMILES string of the molecule is Nc1nc(Cl)nc(OCc2ccccc2)n1. The van der Waals surface area contributed by atoms with Gasteiger partial charge in [-0.1, -0.05) is 30.3 Å². The number of ether oxygens (including phenoxy) is 1. The summed E-state index contributed by atoms with van der Waals surface area (Å²) in [4.78, 5) is 11.2. The van der Waals surface area contributed by atoms with E-state index in [0.29, 0.717) is 6.61 Å². The van der Waals surface area contributed by atoms with Crippen LogP contribution in [0.1, 0.15) is 5.56 Å². The van der Waals surface area contributed by atoms with Gasteiger partial charge in [0.25, 0.3) is 0 Å². The molecule has 82 valence electrons. The van der Waals surface area contributed by atoms with Crippen LogP contribution in [0.5, 0.6) is 6.01 Å². The van der Waals surface area contributed by atoms with Crippen LogP contribution in [0.3, 0.4) is 0 Å². The Labute approximate surface area is 97.3 Å². The summed E-state index contributed by atoms with van der Waals surface area (Å²) in [5.41, 5.74) is 6.41. The third-order valence-corrected chi connectivity index (χ3v) is 1.98. The lowest BCUT2D eigenvalue weighted by molar-refractivity contribution is 0.280. The summed E-state index contributed by atoms with van der Waals surface area (Å²) in [6.45, 7) is 0.362. The molecule has 5 nitrogen and oxygen atoms in total. The Balaban J connectivity index is 2.05. The minimum absolute atomic E-state index is 0.0237. The molecule has 2 aromatic rings. The average molecular weight is 237 g/mol. The summed E-state index contributed by atoms with van der Waals surface area (Å²) in [5.74, 6) is 0.0445. The summed E-state index contributed by atoms with van der Waals surface area (Å²) in [7, 11) is 0. The van der Waals surface area contributed by atoms with Gasteiger partial charge in [-0.3, -0.25) is 0 Å². The zero-order valence-corrected chi connectivity index (χ0v) is 9.05. The van der Waals surface area contributed by atoms with Gasteiger partial charge >= 0.3 is 6.01 Å². The van der Waals surface area contributed by atoms with Crippen molar-refractivity contribution in [1.82, 2.24) is 15.0 Å². The lowest BCUT2D eigenvalue weighted by atomic mass is 10.2. The van der Waals surface area contributed by atoms with E-state index in [1.807, 2.05) is 30.3 Å². The third-order valence-electron chi connectivity index (χ3n) is 1.82. The van der Waals surface area contributed by atoms with Crippen LogP contribution in [-0.4, -0.2) is 15.0 Å². The van der Waals surface area contributed by atoms with Gasteiger partial charge in [0.1, 0.15) is 6.61 Å². The summed E-state index contributed by atoms with van der Waals surface area (Å²) in [6.07, 6.45) is 0. The van der Waals surface area contributed by atoms with E-state index in [4.69, 9.17) is 22.1 Å². The Bertz CT molecular complexity index is 457. The van der Waals surface area contributed by atoms with Gasteiger partial charge in [0.15, 0.2) is 0 Å². The fourth-order valence-corrected chi connectivity index (χ4v) is 1.29. The molecule has 0 saturated carbocycles. The highest BCUT2D eigenvalue weighted by Crippen LogP contribution is 2.10. The van der Waals surface area contributed by atoms with E-state index >= 15 is 0 Å². The number of hydrogen-bond acceptors (Lipinski definition) is 5. The molecule has 0 spiro atoms. The zero-order valence-electron chi connectivity index (χ0n) is 8.30. The number of nitrogens with zero attached hydrogens (tertiary/aromatic N) is 3. The van der Waals surface area contributed by atoms with Crippen LogP contribution in [0.4, 0.5) is 5.95 Å². The normalized spacial score (nSPS) is 10.1. The Morgan fingerprint density at radius 3 is 2.56 bits per heavy atom. The van der Waals surface area contributed by atoms with Crippen molar-refractivity contribution in [2.24, 2.45) is 0 Å². The van der Waals surface area contributed by atoms with Crippen molar-refractivity contribution in [1.29, 1.82) is 0 Å². The maximum absolute atomic E-state index is 5.61. The Morgan fingerprint density at radius 1 is 1.12 bits per heavy atom. The molecule has 1 aromatic carbocycles. The van der Waals surface area contributed by atoms with Crippen LogP contribution >= 0.6 is 11.6 Å². The second kappa shape index (κ2) is 4.76. The van der Waals surface area contributed by atoms with Crippen LogP contribution in [-0.2, 0) is 6.61 Å². The van der Waals surface area contributed by atoms with Crippen molar-refractivity contribution in [3.8, 4) is 6.01 Å². The number of rotatable bonds is 3. The van der Waals surface area contributed by atoms with Gasteiger partial charge in [0.05, 0.1) is 0 Å². The molecule has 0 amide bonds. The Kier molecular flexibility index (Phi) is 3.16. The molecular weight excluding hydrogens is 228 g/mol. The largest absolute Gasteiger partial charge is 0.458 e. The highest BCUT2D eigenvalue weighted by atomic mass is 35.5. The van der Waals surface area contributed by atoms with Gasteiger partial charge in [-0.25, -0.2) is 0 Å². The van der Waals surface area contributed by atoms with E-state index in [1.54, 1.807) is 0 Å². The van der Waals surface area contributed by atoms with E-state index < -0.39 is 0 Å². The summed E-state index contributed by atoms with van der Waals surface area (Å²) in [5, 5.41) is 0.0237. The molecule has 0 aliphatic carbocycles. The minimum Gasteiger partial charge on any atom is -0.458 e. The van der Waals surface area contributed by atoms with Crippen molar-refractivity contribution in [3.63, 3.8) is 0 Å². The van der Waals surface area contributed by atoms with Gasteiger partial charge < -0.3 is 10.5 Å². The van der Waals surface area contributed by atoms with Gasteiger partial charge in [0, 0.05) is 0 Å². The minimum atomic E-state index is 0.0237. The molecule has 2 rings (SSSR count). The highest BCUT2D eigenvalue weighted by molar-refractivity contribution is 6.28. The second-order valence-electron chi connectivity index (χ2n) is 3.02. The van der Waals surface area contributed by atoms with Gasteiger partial charge in [0.2, 0.25) is 11.2 Å². The number of benzene rings is 1. The smallest absolute Gasteiger partial charge is 0.322 e. The van der Waals surface area contributed by atoms with Crippen LogP contribution in [0, 0.1) is 0 Å². The molecule has 2 N–H and O–H groups in total. The van der Waals surface area contributed by atoms with Crippen LogP contribution in [0.15, 0.2) is 30.3 Å². The van der Waals surface area contributed by atoms with Gasteiger partial charge in [-0.05, 0) is 17.2 Å². The molecule has 0 aliphatic heterocycles. The van der Waals surface area contributed by atoms with Crippen LogP contribution < -0.4 is 10.5 Å². The fourth-order valence-electron chi connectivity index (χ4n) is 1.13. The standard InChI is InChI=1S/C10H9ClN4O/c11-8-13-9(12)15-10(14-8)16-6-7-4-2-1-3-5-7/h1-5H,6H2,(H2,12,13,14,15). The van der Waals surface area contributed by atoms with Crippen molar-refractivity contribution in [3.05, 3.63) is 41.2 Å². The van der Waals surface area contributed by atoms with Crippen molar-refractivity contribution >= 4 is 17.5 Å². The Hall–Kier alpha value is -1.88. The summed E-state index contributed by atoms with van der Waals surface area (Å²) < 4.78 is 5.33. The average Bonchev–Trinajstić information content (AvgIpc) is 2.27. The molecule has 0 unspecified atom stereocenters. The second-order valence-corrected chi connectivity index (χ2v) is 3.36. The first-order valence-electron chi connectivity index (χ1n) is 4.58. The molecule has 0 saturated heterocycles. The molecule has 0 atom stereocenters.